The highest BCUT2D eigenvalue weighted by Crippen LogP contribution is 2.29. The molecule has 0 aliphatic carbocycles. The molecule has 2 rings (SSSR count). The Hall–Kier alpha value is -2.15. The summed E-state index contributed by atoms with van der Waals surface area (Å²) in [6, 6.07) is 1.87. The summed E-state index contributed by atoms with van der Waals surface area (Å²) >= 11 is 1.36. The van der Waals surface area contributed by atoms with E-state index >= 15 is 0 Å². The van der Waals surface area contributed by atoms with Crippen LogP contribution in [0.15, 0.2) is 33.7 Å². The number of oxime groups is 1. The summed E-state index contributed by atoms with van der Waals surface area (Å²) in [5.41, 5.74) is 8.88. The van der Waals surface area contributed by atoms with Crippen LogP contribution in [0.4, 0.5) is 0 Å². The van der Waals surface area contributed by atoms with Crippen LogP contribution in [-0.2, 0) is 0 Å². The molecular weight excluding hydrogens is 274 g/mol. The van der Waals surface area contributed by atoms with Gasteiger partial charge >= 0.3 is 0 Å². The number of nitrogens with two attached hydrogens (primary N) is 1. The van der Waals surface area contributed by atoms with Crippen LogP contribution in [0.1, 0.15) is 22.5 Å². The van der Waals surface area contributed by atoms with Crippen molar-refractivity contribution < 1.29 is 5.21 Å². The average molecular weight is 289 g/mol. The number of aromatic nitrogens is 3. The molecule has 0 radical (unpaired) electrons. The van der Waals surface area contributed by atoms with Crippen LogP contribution in [-0.4, -0.2) is 26.0 Å². The number of hydrogen-bond acceptors (Lipinski definition) is 6. The molecule has 0 bridgehead atoms. The standard InChI is InChI=1S/C13H15N5OS/c1-7-5-15-13(16-6-7)20-10-4-8(2)17-9(3)11(10)12(14)18-19/h4-6,19H,1-3H3,(H2,14,18). The summed E-state index contributed by atoms with van der Waals surface area (Å²) in [6.07, 6.45) is 3.50. The Bertz CT molecular complexity index is 655. The smallest absolute Gasteiger partial charge is 0.192 e. The molecule has 0 spiro atoms. The largest absolute Gasteiger partial charge is 0.409 e. The first kappa shape index (κ1) is 14.3. The molecule has 2 aromatic heterocycles. The van der Waals surface area contributed by atoms with Gasteiger partial charge in [-0.1, -0.05) is 5.16 Å². The molecule has 0 aliphatic rings. The number of hydrogen-bond donors (Lipinski definition) is 2. The van der Waals surface area contributed by atoms with Gasteiger partial charge in [-0.05, 0) is 44.2 Å². The molecule has 0 aliphatic heterocycles. The fourth-order valence-electron chi connectivity index (χ4n) is 1.77. The van der Waals surface area contributed by atoms with Crippen LogP contribution in [0.3, 0.4) is 0 Å². The van der Waals surface area contributed by atoms with Gasteiger partial charge in [0.2, 0.25) is 0 Å². The summed E-state index contributed by atoms with van der Waals surface area (Å²) in [4.78, 5) is 13.6. The van der Waals surface area contributed by atoms with Crippen molar-refractivity contribution in [2.45, 2.75) is 30.8 Å². The molecule has 7 heteroatoms. The van der Waals surface area contributed by atoms with Crippen LogP contribution < -0.4 is 5.73 Å². The van der Waals surface area contributed by atoms with Crippen LogP contribution in [0.2, 0.25) is 0 Å². The Morgan fingerprint density at radius 3 is 2.50 bits per heavy atom. The van der Waals surface area contributed by atoms with Gasteiger partial charge in [0.25, 0.3) is 0 Å². The third kappa shape index (κ3) is 3.05. The average Bonchev–Trinajstić information content (AvgIpc) is 2.40. The summed E-state index contributed by atoms with van der Waals surface area (Å²) in [5.74, 6) is 0.0320. The zero-order valence-electron chi connectivity index (χ0n) is 11.5. The quantitative estimate of drug-likeness (QED) is 0.295. The monoisotopic (exact) mass is 289 g/mol. The summed E-state index contributed by atoms with van der Waals surface area (Å²) < 4.78 is 0. The van der Waals surface area contributed by atoms with Gasteiger partial charge in [0.15, 0.2) is 11.0 Å². The highest BCUT2D eigenvalue weighted by atomic mass is 32.2. The molecule has 0 saturated carbocycles. The van der Waals surface area contributed by atoms with Gasteiger partial charge in [-0.2, -0.15) is 0 Å². The molecule has 2 aromatic rings. The van der Waals surface area contributed by atoms with Gasteiger partial charge in [0.05, 0.1) is 5.56 Å². The molecule has 3 N–H and O–H groups in total. The van der Waals surface area contributed by atoms with Crippen molar-refractivity contribution in [3.8, 4) is 0 Å². The highest BCUT2D eigenvalue weighted by Gasteiger charge is 2.15. The van der Waals surface area contributed by atoms with Crippen molar-refractivity contribution in [1.29, 1.82) is 0 Å². The van der Waals surface area contributed by atoms with E-state index in [2.05, 4.69) is 20.1 Å². The molecule has 20 heavy (non-hydrogen) atoms. The van der Waals surface area contributed by atoms with Crippen molar-refractivity contribution in [3.05, 3.63) is 41.0 Å². The Kier molecular flexibility index (Phi) is 4.19. The first-order valence-electron chi connectivity index (χ1n) is 5.94. The molecular formula is C13H15N5OS. The maximum absolute atomic E-state index is 8.90. The van der Waals surface area contributed by atoms with Gasteiger partial charge in [-0.15, -0.1) is 0 Å². The van der Waals surface area contributed by atoms with Crippen molar-refractivity contribution in [1.82, 2.24) is 15.0 Å². The number of aryl methyl sites for hydroxylation is 3. The molecule has 104 valence electrons. The maximum Gasteiger partial charge on any atom is 0.192 e. The third-order valence-electron chi connectivity index (χ3n) is 2.61. The first-order chi connectivity index (χ1) is 9.51. The van der Waals surface area contributed by atoms with E-state index in [1.807, 2.05) is 26.8 Å². The first-order valence-corrected chi connectivity index (χ1v) is 6.75. The molecule has 0 aromatic carbocycles. The fraction of sp³-hybridized carbons (Fsp3) is 0.231. The minimum atomic E-state index is 0.0320. The topological polar surface area (TPSA) is 97.3 Å². The third-order valence-corrected chi connectivity index (χ3v) is 3.55. The highest BCUT2D eigenvalue weighted by molar-refractivity contribution is 7.99. The lowest BCUT2D eigenvalue weighted by Crippen LogP contribution is -2.17. The van der Waals surface area contributed by atoms with E-state index in [1.54, 1.807) is 12.4 Å². The lowest BCUT2D eigenvalue weighted by Gasteiger charge is -2.11. The molecule has 0 unspecified atom stereocenters. The summed E-state index contributed by atoms with van der Waals surface area (Å²) in [5, 5.41) is 12.6. The Balaban J connectivity index is 2.47. The second kappa shape index (κ2) is 5.87. The van der Waals surface area contributed by atoms with E-state index < -0.39 is 0 Å². The normalized spacial score (nSPS) is 11.7. The molecule has 0 saturated heterocycles. The van der Waals surface area contributed by atoms with Gasteiger partial charge in [-0.3, -0.25) is 4.98 Å². The summed E-state index contributed by atoms with van der Waals surface area (Å²) in [6.45, 7) is 5.64. The van der Waals surface area contributed by atoms with Crippen LogP contribution in [0.5, 0.6) is 0 Å². The van der Waals surface area contributed by atoms with E-state index in [4.69, 9.17) is 10.9 Å². The zero-order valence-corrected chi connectivity index (χ0v) is 12.3. The predicted octanol–water partition coefficient (Wildman–Crippen LogP) is 2.04. The van der Waals surface area contributed by atoms with Gasteiger partial charge in [0, 0.05) is 28.7 Å². The Morgan fingerprint density at radius 1 is 1.25 bits per heavy atom. The van der Waals surface area contributed by atoms with Crippen molar-refractivity contribution >= 4 is 17.6 Å². The van der Waals surface area contributed by atoms with Crippen molar-refractivity contribution in [3.63, 3.8) is 0 Å². The van der Waals surface area contributed by atoms with Crippen LogP contribution >= 0.6 is 11.8 Å². The fourth-order valence-corrected chi connectivity index (χ4v) is 2.76. The van der Waals surface area contributed by atoms with Crippen LogP contribution in [0.25, 0.3) is 0 Å². The maximum atomic E-state index is 8.90. The Morgan fingerprint density at radius 2 is 1.90 bits per heavy atom. The van der Waals surface area contributed by atoms with Gasteiger partial charge in [0.1, 0.15) is 0 Å². The zero-order chi connectivity index (χ0) is 14.7. The van der Waals surface area contributed by atoms with Crippen molar-refractivity contribution in [2.75, 3.05) is 0 Å². The molecule has 6 nitrogen and oxygen atoms in total. The second-order valence-corrected chi connectivity index (χ2v) is 5.36. The van der Waals surface area contributed by atoms with Gasteiger partial charge < -0.3 is 10.9 Å². The number of nitrogens with zero attached hydrogens (tertiary/aromatic N) is 4. The van der Waals surface area contributed by atoms with Gasteiger partial charge in [-0.25, -0.2) is 9.97 Å². The molecule has 0 amide bonds. The number of pyridine rings is 1. The number of amidine groups is 1. The minimum absolute atomic E-state index is 0.0320. The lowest BCUT2D eigenvalue weighted by molar-refractivity contribution is 0.318. The lowest BCUT2D eigenvalue weighted by atomic mass is 10.1. The van der Waals surface area contributed by atoms with E-state index in [9.17, 15) is 0 Å². The number of rotatable bonds is 3. The molecule has 0 fully saturated rings. The van der Waals surface area contributed by atoms with Crippen LogP contribution in [0, 0.1) is 20.8 Å². The van der Waals surface area contributed by atoms with E-state index in [-0.39, 0.29) is 5.84 Å². The van der Waals surface area contributed by atoms with E-state index in [0.29, 0.717) is 16.4 Å². The predicted molar refractivity (Wildman–Crippen MR) is 77.1 cm³/mol. The molecule has 2 heterocycles. The minimum Gasteiger partial charge on any atom is -0.409 e. The van der Waals surface area contributed by atoms with E-state index in [1.165, 1.54) is 11.8 Å². The van der Waals surface area contributed by atoms with Crippen molar-refractivity contribution in [2.24, 2.45) is 10.9 Å². The SMILES string of the molecule is Cc1cnc(Sc2cc(C)nc(C)c2/C(N)=N/O)nc1. The summed E-state index contributed by atoms with van der Waals surface area (Å²) in [7, 11) is 0. The molecule has 0 atom stereocenters. The van der Waals surface area contributed by atoms with E-state index in [0.717, 1.165) is 16.2 Å². The second-order valence-electron chi connectivity index (χ2n) is 4.35. The Labute approximate surface area is 121 Å².